The molecule has 0 saturated carbocycles. The lowest BCUT2D eigenvalue weighted by Crippen LogP contribution is -2.30. The molecule has 0 fully saturated rings. The number of anilines is 2. The van der Waals surface area contributed by atoms with Crippen LogP contribution in [0, 0.1) is 10.1 Å². The smallest absolute Gasteiger partial charge is 0.416 e. The van der Waals surface area contributed by atoms with Gasteiger partial charge in [0, 0.05) is 12.1 Å². The molecular weight excluding hydrogens is 583 g/mol. The largest absolute Gasteiger partial charge is 0.495 e. The summed E-state index contributed by atoms with van der Waals surface area (Å²) in [6.45, 7) is 1.20. The molecule has 0 aliphatic carbocycles. The maximum absolute atomic E-state index is 13.0. The van der Waals surface area contributed by atoms with E-state index in [4.69, 9.17) is 21.1 Å². The molecule has 1 amide bonds. The van der Waals surface area contributed by atoms with Crippen molar-refractivity contribution in [2.75, 3.05) is 17.1 Å². The van der Waals surface area contributed by atoms with E-state index in [1.807, 2.05) is 4.72 Å². The van der Waals surface area contributed by atoms with Crippen LogP contribution in [0.5, 0.6) is 5.75 Å². The number of carbonyl (C=O) groups excluding carboxylic acids is 2. The number of methoxy groups -OCH3 is 1. The number of rotatable bonds is 9. The van der Waals surface area contributed by atoms with Gasteiger partial charge in [0.2, 0.25) is 0 Å². The summed E-state index contributed by atoms with van der Waals surface area (Å²) in [5.41, 5.74) is -2.37. The number of hydrogen-bond acceptors (Lipinski definition) is 8. The topological polar surface area (TPSA) is 154 Å². The van der Waals surface area contributed by atoms with Crippen molar-refractivity contribution < 1.29 is 45.6 Å². The van der Waals surface area contributed by atoms with Crippen LogP contribution in [0.1, 0.15) is 22.8 Å². The average Bonchev–Trinajstić information content (AvgIpc) is 2.89. The van der Waals surface area contributed by atoms with Crippen LogP contribution >= 0.6 is 11.6 Å². The van der Waals surface area contributed by atoms with Gasteiger partial charge in [-0.25, -0.2) is 13.2 Å². The normalized spacial score (nSPS) is 12.2. The molecule has 0 aromatic heterocycles. The molecule has 212 valence electrons. The Morgan fingerprint density at radius 1 is 1.05 bits per heavy atom. The zero-order valence-corrected chi connectivity index (χ0v) is 22.1. The highest BCUT2D eigenvalue weighted by atomic mass is 35.5. The quantitative estimate of drug-likeness (QED) is 0.191. The van der Waals surface area contributed by atoms with Crippen LogP contribution < -0.4 is 14.8 Å². The molecule has 2 N–H and O–H groups in total. The van der Waals surface area contributed by atoms with E-state index in [1.54, 1.807) is 0 Å². The molecule has 0 unspecified atom stereocenters. The summed E-state index contributed by atoms with van der Waals surface area (Å²) >= 11 is 5.86. The van der Waals surface area contributed by atoms with Gasteiger partial charge in [0.1, 0.15) is 5.75 Å². The number of nitrogens with zero attached hydrogens (tertiary/aromatic N) is 1. The fourth-order valence-corrected chi connectivity index (χ4v) is 4.53. The molecule has 0 aliphatic rings. The van der Waals surface area contributed by atoms with E-state index in [-0.39, 0.29) is 27.7 Å². The number of nitro benzene ring substituents is 1. The van der Waals surface area contributed by atoms with Crippen LogP contribution in [-0.2, 0) is 25.7 Å². The van der Waals surface area contributed by atoms with Crippen LogP contribution in [0.4, 0.5) is 30.2 Å². The van der Waals surface area contributed by atoms with Crippen molar-refractivity contribution >= 4 is 50.6 Å². The van der Waals surface area contributed by atoms with Crippen molar-refractivity contribution in [1.29, 1.82) is 0 Å². The standard InChI is InChI=1S/C24H19ClF3N3O8S/c1-13(22(32)29-20-12-16(31(34)35)7-9-21(20)38-2)39-23(33)14-4-3-5-17(10-14)40(36,37)30-19-11-15(24(26,27)28)6-8-18(19)25/h3-13,30H,1-2H3,(H,29,32)/t13-/m1/s1. The number of halogens is 4. The molecule has 1 atom stereocenters. The zero-order chi connectivity index (χ0) is 29.8. The van der Waals surface area contributed by atoms with Gasteiger partial charge in [0.05, 0.1) is 44.5 Å². The van der Waals surface area contributed by atoms with Crippen molar-refractivity contribution in [1.82, 2.24) is 0 Å². The molecule has 11 nitrogen and oxygen atoms in total. The Morgan fingerprint density at radius 2 is 1.75 bits per heavy atom. The molecule has 0 saturated heterocycles. The predicted molar refractivity (Wildman–Crippen MR) is 137 cm³/mol. The summed E-state index contributed by atoms with van der Waals surface area (Å²) in [6, 6.07) is 9.88. The molecule has 0 heterocycles. The van der Waals surface area contributed by atoms with E-state index in [0.717, 1.165) is 30.3 Å². The highest BCUT2D eigenvalue weighted by Crippen LogP contribution is 2.35. The van der Waals surface area contributed by atoms with Gasteiger partial charge in [-0.2, -0.15) is 13.2 Å². The third kappa shape index (κ3) is 7.18. The monoisotopic (exact) mass is 601 g/mol. The van der Waals surface area contributed by atoms with E-state index in [0.29, 0.717) is 12.1 Å². The lowest BCUT2D eigenvalue weighted by atomic mass is 10.2. The Hall–Kier alpha value is -4.37. The lowest BCUT2D eigenvalue weighted by molar-refractivity contribution is -0.384. The second-order valence-corrected chi connectivity index (χ2v) is 10.1. The Balaban J connectivity index is 1.76. The molecule has 16 heteroatoms. The number of ether oxygens (including phenoxy) is 2. The number of nitrogens with one attached hydrogen (secondary N) is 2. The Bertz CT molecular complexity index is 1580. The number of alkyl halides is 3. The first-order valence-corrected chi connectivity index (χ1v) is 12.8. The summed E-state index contributed by atoms with van der Waals surface area (Å²) in [7, 11) is -3.24. The van der Waals surface area contributed by atoms with Crippen molar-refractivity contribution in [2.45, 2.75) is 24.1 Å². The fraction of sp³-hybridized carbons (Fsp3) is 0.167. The summed E-state index contributed by atoms with van der Waals surface area (Å²) in [5, 5.41) is 13.1. The summed E-state index contributed by atoms with van der Waals surface area (Å²) < 4.78 is 76.9. The predicted octanol–water partition coefficient (Wildman–Crippen LogP) is 5.26. The number of esters is 1. The molecule has 0 bridgehead atoms. The summed E-state index contributed by atoms with van der Waals surface area (Å²) in [6.07, 6.45) is -6.20. The molecule has 3 aromatic rings. The number of carbonyl (C=O) groups is 2. The average molecular weight is 602 g/mol. The molecule has 0 spiro atoms. The van der Waals surface area contributed by atoms with Crippen molar-refractivity contribution in [3.63, 3.8) is 0 Å². The van der Waals surface area contributed by atoms with E-state index >= 15 is 0 Å². The Kier molecular flexibility index (Phi) is 8.90. The van der Waals surface area contributed by atoms with E-state index in [2.05, 4.69) is 5.32 Å². The second kappa shape index (κ2) is 11.8. The van der Waals surface area contributed by atoms with Crippen LogP contribution in [0.2, 0.25) is 5.02 Å². The van der Waals surface area contributed by atoms with E-state index < -0.39 is 55.2 Å². The number of hydrogen-bond donors (Lipinski definition) is 2. The molecule has 0 radical (unpaired) electrons. The van der Waals surface area contributed by atoms with Gasteiger partial charge in [-0.1, -0.05) is 17.7 Å². The van der Waals surface area contributed by atoms with Gasteiger partial charge < -0.3 is 14.8 Å². The Morgan fingerprint density at radius 3 is 2.38 bits per heavy atom. The lowest BCUT2D eigenvalue weighted by Gasteiger charge is -2.16. The first-order chi connectivity index (χ1) is 18.6. The van der Waals surface area contributed by atoms with Crippen molar-refractivity contribution in [3.05, 3.63) is 86.9 Å². The van der Waals surface area contributed by atoms with Crippen LogP contribution in [0.3, 0.4) is 0 Å². The second-order valence-electron chi connectivity index (χ2n) is 8.00. The first-order valence-electron chi connectivity index (χ1n) is 11.0. The van der Waals surface area contributed by atoms with Crippen LogP contribution in [0.15, 0.2) is 65.6 Å². The molecule has 3 rings (SSSR count). The number of sulfonamides is 1. The van der Waals surface area contributed by atoms with Crippen molar-refractivity contribution in [3.8, 4) is 5.75 Å². The highest BCUT2D eigenvalue weighted by Gasteiger charge is 2.31. The minimum atomic E-state index is -4.75. The van der Waals surface area contributed by atoms with Crippen LogP contribution in [0.25, 0.3) is 0 Å². The molecule has 40 heavy (non-hydrogen) atoms. The van der Waals surface area contributed by atoms with Gasteiger partial charge in [0.25, 0.3) is 21.6 Å². The molecule has 3 aromatic carbocycles. The first kappa shape index (κ1) is 30.2. The highest BCUT2D eigenvalue weighted by molar-refractivity contribution is 7.92. The number of benzene rings is 3. The van der Waals surface area contributed by atoms with E-state index in [1.165, 1.54) is 32.2 Å². The van der Waals surface area contributed by atoms with Gasteiger partial charge in [-0.15, -0.1) is 0 Å². The van der Waals surface area contributed by atoms with Crippen molar-refractivity contribution in [2.24, 2.45) is 0 Å². The Labute approximate surface area is 230 Å². The van der Waals surface area contributed by atoms with Gasteiger partial charge in [0.15, 0.2) is 6.10 Å². The fourth-order valence-electron chi connectivity index (χ4n) is 3.20. The SMILES string of the molecule is COc1ccc([N+](=O)[O-])cc1NC(=O)[C@@H](C)OC(=O)c1cccc(S(=O)(=O)Nc2cc(C(F)(F)F)ccc2Cl)c1. The third-order valence-electron chi connectivity index (χ3n) is 5.22. The minimum absolute atomic E-state index is 0.0583. The van der Waals surface area contributed by atoms with Gasteiger partial charge in [-0.05, 0) is 49.4 Å². The van der Waals surface area contributed by atoms with Crippen LogP contribution in [-0.4, -0.2) is 38.4 Å². The minimum Gasteiger partial charge on any atom is -0.495 e. The van der Waals surface area contributed by atoms with Gasteiger partial charge in [-0.3, -0.25) is 19.6 Å². The maximum atomic E-state index is 13.0. The van der Waals surface area contributed by atoms with E-state index in [9.17, 15) is 41.3 Å². The maximum Gasteiger partial charge on any atom is 0.416 e. The third-order valence-corrected chi connectivity index (χ3v) is 6.92. The molecular formula is C24H19ClF3N3O8S. The zero-order valence-electron chi connectivity index (χ0n) is 20.5. The number of non-ortho nitro benzene ring substituents is 1. The summed E-state index contributed by atoms with van der Waals surface area (Å²) in [4.78, 5) is 35.1. The number of nitro groups is 1. The number of amides is 1. The summed E-state index contributed by atoms with van der Waals surface area (Å²) in [5.74, 6) is -1.89. The van der Waals surface area contributed by atoms with Gasteiger partial charge >= 0.3 is 12.1 Å². The molecule has 0 aliphatic heterocycles.